The summed E-state index contributed by atoms with van der Waals surface area (Å²) in [5.41, 5.74) is -3.34. The first kappa shape index (κ1) is 15.7. The fourth-order valence-corrected chi connectivity index (χ4v) is 2.82. The summed E-state index contributed by atoms with van der Waals surface area (Å²) in [5, 5.41) is 10.8. The van der Waals surface area contributed by atoms with Crippen molar-refractivity contribution in [2.75, 3.05) is 0 Å². The van der Waals surface area contributed by atoms with Crippen LogP contribution in [0.1, 0.15) is 18.1 Å². The van der Waals surface area contributed by atoms with E-state index < -0.39 is 41.9 Å². The van der Waals surface area contributed by atoms with E-state index in [1.165, 1.54) is 6.92 Å². The van der Waals surface area contributed by atoms with Crippen LogP contribution in [0.4, 0.5) is 18.9 Å². The van der Waals surface area contributed by atoms with E-state index in [-0.39, 0.29) is 6.42 Å². The second kappa shape index (κ2) is 4.97. The minimum atomic E-state index is -4.96. The van der Waals surface area contributed by atoms with Gasteiger partial charge in [-0.1, -0.05) is 6.92 Å². The van der Waals surface area contributed by atoms with Crippen LogP contribution in [0.2, 0.25) is 0 Å². The molecule has 0 fully saturated rings. The highest BCUT2D eigenvalue weighted by atomic mass is 35.7. The fourth-order valence-electron chi connectivity index (χ4n) is 1.63. The predicted molar refractivity (Wildman–Crippen MR) is 60.5 cm³/mol. The Morgan fingerprint density at radius 1 is 1.37 bits per heavy atom. The molecule has 10 heteroatoms. The van der Waals surface area contributed by atoms with Crippen molar-refractivity contribution in [3.8, 4) is 0 Å². The van der Waals surface area contributed by atoms with Gasteiger partial charge in [0.05, 0.1) is 15.4 Å². The minimum Gasteiger partial charge on any atom is -0.258 e. The number of hydrogen-bond donors (Lipinski definition) is 0. The average molecular weight is 318 g/mol. The first-order valence-electron chi connectivity index (χ1n) is 4.82. The molecule has 1 aromatic carbocycles. The van der Waals surface area contributed by atoms with Crippen LogP contribution in [-0.4, -0.2) is 13.3 Å². The lowest BCUT2D eigenvalue weighted by atomic mass is 10.0. The Bertz CT molecular complexity index is 627. The lowest BCUT2D eigenvalue weighted by molar-refractivity contribution is -0.389. The van der Waals surface area contributed by atoms with Crippen molar-refractivity contribution in [1.29, 1.82) is 0 Å². The van der Waals surface area contributed by atoms with Crippen LogP contribution in [0, 0.1) is 10.1 Å². The third-order valence-corrected chi connectivity index (χ3v) is 3.75. The molecule has 0 aliphatic heterocycles. The van der Waals surface area contributed by atoms with Gasteiger partial charge in [-0.2, -0.15) is 13.2 Å². The van der Waals surface area contributed by atoms with Gasteiger partial charge in [-0.25, -0.2) is 8.42 Å². The number of hydrogen-bond acceptors (Lipinski definition) is 4. The molecular formula is C9H7ClF3NO4S. The molecule has 0 aliphatic carbocycles. The quantitative estimate of drug-likeness (QED) is 0.487. The minimum absolute atomic E-state index is 0.276. The van der Waals surface area contributed by atoms with Crippen molar-refractivity contribution >= 4 is 25.4 Å². The average Bonchev–Trinajstić information content (AvgIpc) is 2.24. The van der Waals surface area contributed by atoms with Crippen LogP contribution in [0.5, 0.6) is 0 Å². The van der Waals surface area contributed by atoms with Gasteiger partial charge < -0.3 is 0 Å². The molecule has 0 bridgehead atoms. The highest BCUT2D eigenvalue weighted by Gasteiger charge is 2.41. The van der Waals surface area contributed by atoms with Crippen LogP contribution in [0.3, 0.4) is 0 Å². The maximum Gasteiger partial charge on any atom is 0.423 e. The smallest absolute Gasteiger partial charge is 0.258 e. The molecule has 0 radical (unpaired) electrons. The molecule has 0 saturated heterocycles. The standard InChI is InChI=1S/C9H7ClF3NO4S/c1-2-5-7(19(10,17)18)4-3-6(9(11,12)13)8(5)14(15)16/h3-4H,2H2,1H3. The fraction of sp³-hybridized carbons (Fsp3) is 0.333. The molecule has 0 atom stereocenters. The Balaban J connectivity index is 3.83. The van der Waals surface area contributed by atoms with Crippen LogP contribution < -0.4 is 0 Å². The predicted octanol–water partition coefficient (Wildman–Crippen LogP) is 3.10. The van der Waals surface area contributed by atoms with E-state index in [1.807, 2.05) is 0 Å². The van der Waals surface area contributed by atoms with Crippen molar-refractivity contribution in [3.05, 3.63) is 33.4 Å². The summed E-state index contributed by atoms with van der Waals surface area (Å²) in [5.74, 6) is 0. The molecule has 106 valence electrons. The summed E-state index contributed by atoms with van der Waals surface area (Å²) in [7, 11) is 0.691. The summed E-state index contributed by atoms with van der Waals surface area (Å²) in [6.45, 7) is 1.30. The molecule has 1 rings (SSSR count). The van der Waals surface area contributed by atoms with Crippen LogP contribution in [-0.2, 0) is 21.6 Å². The lowest BCUT2D eigenvalue weighted by Gasteiger charge is -2.12. The summed E-state index contributed by atoms with van der Waals surface area (Å²) < 4.78 is 60.4. The third-order valence-electron chi connectivity index (χ3n) is 2.34. The van der Waals surface area contributed by atoms with Gasteiger partial charge in [-0.3, -0.25) is 10.1 Å². The first-order chi connectivity index (χ1) is 8.50. The Morgan fingerprint density at radius 3 is 2.21 bits per heavy atom. The van der Waals surface area contributed by atoms with Gasteiger partial charge >= 0.3 is 6.18 Å². The van der Waals surface area contributed by atoms with E-state index in [4.69, 9.17) is 10.7 Å². The SMILES string of the molecule is CCc1c(S(=O)(=O)Cl)ccc(C(F)(F)F)c1[N+](=O)[O-]. The van der Waals surface area contributed by atoms with Gasteiger partial charge in [0.25, 0.3) is 14.7 Å². The lowest BCUT2D eigenvalue weighted by Crippen LogP contribution is -2.13. The Hall–Kier alpha value is -1.35. The monoisotopic (exact) mass is 317 g/mol. The Morgan fingerprint density at radius 2 is 1.89 bits per heavy atom. The van der Waals surface area contributed by atoms with Crippen molar-refractivity contribution in [3.63, 3.8) is 0 Å². The molecule has 0 heterocycles. The largest absolute Gasteiger partial charge is 0.423 e. The van der Waals surface area contributed by atoms with Crippen LogP contribution in [0.15, 0.2) is 17.0 Å². The van der Waals surface area contributed by atoms with Crippen molar-refractivity contribution in [2.45, 2.75) is 24.4 Å². The van der Waals surface area contributed by atoms with Crippen molar-refractivity contribution in [2.24, 2.45) is 0 Å². The first-order valence-corrected chi connectivity index (χ1v) is 7.13. The van der Waals surface area contributed by atoms with Gasteiger partial charge in [0, 0.05) is 10.7 Å². The number of halogens is 4. The Kier molecular flexibility index (Phi) is 4.11. The Labute approximate surface area is 110 Å². The second-order valence-corrected chi connectivity index (χ2v) is 6.02. The van der Waals surface area contributed by atoms with Gasteiger partial charge in [0.1, 0.15) is 5.56 Å². The number of alkyl halides is 3. The molecular weight excluding hydrogens is 311 g/mol. The van der Waals surface area contributed by atoms with Crippen LogP contribution in [0.25, 0.3) is 0 Å². The van der Waals surface area contributed by atoms with E-state index in [9.17, 15) is 31.7 Å². The second-order valence-electron chi connectivity index (χ2n) is 3.48. The number of nitro groups is 1. The summed E-state index contributed by atoms with van der Waals surface area (Å²) in [6.07, 6.45) is -5.23. The highest BCUT2D eigenvalue weighted by molar-refractivity contribution is 8.13. The van der Waals surface area contributed by atoms with E-state index in [1.54, 1.807) is 0 Å². The molecule has 0 amide bonds. The van der Waals surface area contributed by atoms with Crippen molar-refractivity contribution in [1.82, 2.24) is 0 Å². The van der Waals surface area contributed by atoms with Gasteiger partial charge in [-0.15, -0.1) is 0 Å². The number of nitro benzene ring substituents is 1. The zero-order chi connectivity index (χ0) is 15.0. The van der Waals surface area contributed by atoms with Gasteiger partial charge in [0.15, 0.2) is 0 Å². The molecule has 0 aromatic heterocycles. The molecule has 1 aromatic rings. The number of rotatable bonds is 3. The number of nitrogens with zero attached hydrogens (tertiary/aromatic N) is 1. The van der Waals surface area contributed by atoms with E-state index >= 15 is 0 Å². The molecule has 0 saturated carbocycles. The van der Waals surface area contributed by atoms with E-state index in [2.05, 4.69) is 0 Å². The van der Waals surface area contributed by atoms with Crippen molar-refractivity contribution < 1.29 is 26.5 Å². The molecule has 5 nitrogen and oxygen atoms in total. The topological polar surface area (TPSA) is 77.3 Å². The third kappa shape index (κ3) is 3.16. The zero-order valence-electron chi connectivity index (χ0n) is 9.36. The normalized spacial score (nSPS) is 12.5. The van der Waals surface area contributed by atoms with E-state index in [0.717, 1.165) is 0 Å². The molecule has 0 N–H and O–H groups in total. The number of benzene rings is 1. The maximum atomic E-state index is 12.7. The summed E-state index contributed by atoms with van der Waals surface area (Å²) in [4.78, 5) is 8.85. The highest BCUT2D eigenvalue weighted by Crippen LogP contribution is 2.40. The molecule has 0 unspecified atom stereocenters. The molecule has 19 heavy (non-hydrogen) atoms. The summed E-state index contributed by atoms with van der Waals surface area (Å²) >= 11 is 0. The van der Waals surface area contributed by atoms with Gasteiger partial charge in [-0.05, 0) is 18.6 Å². The van der Waals surface area contributed by atoms with Crippen LogP contribution >= 0.6 is 10.7 Å². The molecule has 0 spiro atoms. The molecule has 0 aliphatic rings. The zero-order valence-corrected chi connectivity index (χ0v) is 10.9. The maximum absolute atomic E-state index is 12.7. The summed E-state index contributed by atoms with van der Waals surface area (Å²) in [6, 6.07) is 0.962. The van der Waals surface area contributed by atoms with Gasteiger partial charge in [0.2, 0.25) is 0 Å². The van der Waals surface area contributed by atoms with E-state index in [0.29, 0.717) is 12.1 Å².